The van der Waals surface area contributed by atoms with Gasteiger partial charge in [0.25, 0.3) is 0 Å². The molecule has 2 heterocycles. The van der Waals surface area contributed by atoms with Crippen molar-refractivity contribution in [2.24, 2.45) is 0 Å². The Morgan fingerprint density at radius 1 is 1.28 bits per heavy atom. The molecule has 1 aromatic heterocycles. The molecule has 0 aliphatic carbocycles. The number of aliphatic hydroxyl groups excluding tert-OH is 1. The zero-order valence-electron chi connectivity index (χ0n) is 13.9. The van der Waals surface area contributed by atoms with E-state index in [9.17, 15) is 14.3 Å². The zero-order valence-corrected chi connectivity index (χ0v) is 13.9. The number of hydrogen-bond donors (Lipinski definition) is 3. The number of carbonyl (C=O) groups excluding carboxylic acids is 1. The van der Waals surface area contributed by atoms with Crippen LogP contribution in [0.25, 0.3) is 0 Å². The van der Waals surface area contributed by atoms with Gasteiger partial charge < -0.3 is 25.1 Å². The number of aliphatic hydroxyl groups is 1. The van der Waals surface area contributed by atoms with Crippen molar-refractivity contribution in [1.29, 1.82) is 0 Å². The highest BCUT2D eigenvalue weighted by Crippen LogP contribution is 2.29. The summed E-state index contributed by atoms with van der Waals surface area (Å²) in [6.45, 7) is 1.46. The van der Waals surface area contributed by atoms with Gasteiger partial charge in [-0.05, 0) is 49.6 Å². The molecule has 3 rings (SSSR count). The first kappa shape index (κ1) is 17.3. The molecule has 134 valence electrons. The van der Waals surface area contributed by atoms with Gasteiger partial charge >= 0.3 is 6.03 Å². The highest BCUT2D eigenvalue weighted by molar-refractivity contribution is 5.93. The van der Waals surface area contributed by atoms with Crippen LogP contribution in [0.15, 0.2) is 41.0 Å². The van der Waals surface area contributed by atoms with Crippen molar-refractivity contribution in [1.82, 2.24) is 5.32 Å². The van der Waals surface area contributed by atoms with Gasteiger partial charge in [0.2, 0.25) is 0 Å². The summed E-state index contributed by atoms with van der Waals surface area (Å²) in [6, 6.07) is 6.55. The van der Waals surface area contributed by atoms with E-state index in [1.807, 2.05) is 0 Å². The number of hydrogen-bond acceptors (Lipinski definition) is 4. The first-order valence-corrected chi connectivity index (χ1v) is 8.43. The Balaban J connectivity index is 1.72. The van der Waals surface area contributed by atoms with Crippen LogP contribution in [0.4, 0.5) is 20.6 Å². The lowest BCUT2D eigenvalue weighted by Crippen LogP contribution is -2.35. The number of amides is 2. The highest BCUT2D eigenvalue weighted by atomic mass is 19.1. The summed E-state index contributed by atoms with van der Waals surface area (Å²) in [5.41, 5.74) is 1.21. The molecule has 1 atom stereocenters. The number of carbonyl (C=O) groups is 1. The second kappa shape index (κ2) is 8.02. The molecule has 3 N–H and O–H groups in total. The van der Waals surface area contributed by atoms with Crippen LogP contribution in [-0.4, -0.2) is 30.8 Å². The lowest BCUT2D eigenvalue weighted by atomic mass is 10.1. The second-order valence-corrected chi connectivity index (χ2v) is 6.06. The average Bonchev–Trinajstić information content (AvgIpc) is 3.15. The normalized spacial score (nSPS) is 15.7. The Morgan fingerprint density at radius 2 is 2.08 bits per heavy atom. The Labute approximate surface area is 145 Å². The first-order chi connectivity index (χ1) is 12.2. The molecule has 2 aromatic rings. The number of nitrogens with zero attached hydrogens (tertiary/aromatic N) is 1. The molecule has 0 bridgehead atoms. The van der Waals surface area contributed by atoms with E-state index in [-0.39, 0.29) is 6.61 Å². The third kappa shape index (κ3) is 4.30. The van der Waals surface area contributed by atoms with Crippen LogP contribution in [0.1, 0.15) is 31.1 Å². The van der Waals surface area contributed by atoms with Gasteiger partial charge in [0, 0.05) is 13.1 Å². The molecule has 1 fully saturated rings. The zero-order chi connectivity index (χ0) is 17.6. The van der Waals surface area contributed by atoms with Gasteiger partial charge in [-0.25, -0.2) is 9.18 Å². The molecule has 0 unspecified atom stereocenters. The van der Waals surface area contributed by atoms with E-state index in [1.54, 1.807) is 18.2 Å². The highest BCUT2D eigenvalue weighted by Gasteiger charge is 2.19. The number of halogens is 1. The molecule has 1 aromatic carbocycles. The van der Waals surface area contributed by atoms with E-state index in [1.165, 1.54) is 24.8 Å². The quantitative estimate of drug-likeness (QED) is 0.776. The minimum absolute atomic E-state index is 0.303. The monoisotopic (exact) mass is 347 g/mol. The van der Waals surface area contributed by atoms with Gasteiger partial charge in [-0.3, -0.25) is 0 Å². The maximum atomic E-state index is 13.7. The van der Waals surface area contributed by atoms with Crippen LogP contribution in [-0.2, 0) is 0 Å². The number of furan rings is 1. The molecular weight excluding hydrogens is 325 g/mol. The SMILES string of the molecule is O=C(Nc1cc(F)ccc1N1CCCCC1)N[C@H](CO)c1ccco1. The predicted molar refractivity (Wildman–Crippen MR) is 93.2 cm³/mol. The predicted octanol–water partition coefficient (Wildman–Crippen LogP) is 3.26. The van der Waals surface area contributed by atoms with E-state index in [4.69, 9.17) is 4.42 Å². The van der Waals surface area contributed by atoms with Crippen LogP contribution >= 0.6 is 0 Å². The molecule has 1 aliphatic heterocycles. The Bertz CT molecular complexity index is 700. The number of piperidine rings is 1. The Hall–Kier alpha value is -2.54. The van der Waals surface area contributed by atoms with Gasteiger partial charge in [0.05, 0.1) is 24.2 Å². The smallest absolute Gasteiger partial charge is 0.319 e. The fourth-order valence-electron chi connectivity index (χ4n) is 3.03. The number of nitrogens with one attached hydrogen (secondary N) is 2. The van der Waals surface area contributed by atoms with Crippen molar-refractivity contribution in [2.45, 2.75) is 25.3 Å². The summed E-state index contributed by atoms with van der Waals surface area (Å²) >= 11 is 0. The van der Waals surface area contributed by atoms with Gasteiger partial charge in [0.15, 0.2) is 0 Å². The third-order valence-corrected chi connectivity index (χ3v) is 4.28. The van der Waals surface area contributed by atoms with Crippen molar-refractivity contribution in [3.8, 4) is 0 Å². The van der Waals surface area contributed by atoms with E-state index >= 15 is 0 Å². The summed E-state index contributed by atoms with van der Waals surface area (Å²) in [6.07, 6.45) is 4.81. The van der Waals surface area contributed by atoms with Crippen molar-refractivity contribution < 1.29 is 18.7 Å². The molecule has 2 amide bonds. The largest absolute Gasteiger partial charge is 0.467 e. The summed E-state index contributed by atoms with van der Waals surface area (Å²) in [4.78, 5) is 14.5. The van der Waals surface area contributed by atoms with Gasteiger partial charge in [-0.2, -0.15) is 0 Å². The average molecular weight is 347 g/mol. The summed E-state index contributed by atoms with van der Waals surface area (Å²) in [5.74, 6) is 0.0361. The molecule has 0 spiro atoms. The number of benzene rings is 1. The minimum atomic E-state index is -0.665. The van der Waals surface area contributed by atoms with Crippen molar-refractivity contribution in [3.05, 3.63) is 48.2 Å². The fraction of sp³-hybridized carbons (Fsp3) is 0.389. The van der Waals surface area contributed by atoms with Crippen LogP contribution < -0.4 is 15.5 Å². The topological polar surface area (TPSA) is 77.7 Å². The second-order valence-electron chi connectivity index (χ2n) is 6.06. The van der Waals surface area contributed by atoms with Gasteiger partial charge in [0.1, 0.15) is 17.6 Å². The summed E-state index contributed by atoms with van der Waals surface area (Å²) in [7, 11) is 0. The van der Waals surface area contributed by atoms with Crippen LogP contribution in [0.2, 0.25) is 0 Å². The fourth-order valence-corrected chi connectivity index (χ4v) is 3.03. The molecule has 25 heavy (non-hydrogen) atoms. The number of urea groups is 1. The van der Waals surface area contributed by atoms with E-state index in [0.717, 1.165) is 31.6 Å². The lowest BCUT2D eigenvalue weighted by molar-refractivity contribution is 0.215. The molecular formula is C18H22FN3O3. The standard InChI is InChI=1S/C18H22FN3O3/c19-13-6-7-16(22-8-2-1-3-9-22)14(11-13)20-18(24)21-15(12-23)17-5-4-10-25-17/h4-7,10-11,15,23H,1-3,8-9,12H2,(H2,20,21,24)/t15-/m1/s1. The first-order valence-electron chi connectivity index (χ1n) is 8.43. The maximum Gasteiger partial charge on any atom is 0.319 e. The van der Waals surface area contributed by atoms with Crippen molar-refractivity contribution in [3.63, 3.8) is 0 Å². The number of rotatable bonds is 5. The van der Waals surface area contributed by atoms with E-state index in [2.05, 4.69) is 15.5 Å². The molecule has 7 heteroatoms. The van der Waals surface area contributed by atoms with E-state index < -0.39 is 17.9 Å². The van der Waals surface area contributed by atoms with Crippen LogP contribution in [0.5, 0.6) is 0 Å². The lowest BCUT2D eigenvalue weighted by Gasteiger charge is -2.30. The van der Waals surface area contributed by atoms with Crippen molar-refractivity contribution in [2.75, 3.05) is 29.9 Å². The maximum absolute atomic E-state index is 13.7. The summed E-state index contributed by atoms with van der Waals surface area (Å²) < 4.78 is 18.9. The van der Waals surface area contributed by atoms with Crippen molar-refractivity contribution >= 4 is 17.4 Å². The Morgan fingerprint density at radius 3 is 2.76 bits per heavy atom. The molecule has 0 radical (unpaired) electrons. The molecule has 0 saturated carbocycles. The molecule has 6 nitrogen and oxygen atoms in total. The molecule has 1 saturated heterocycles. The van der Waals surface area contributed by atoms with Crippen LogP contribution in [0, 0.1) is 5.82 Å². The van der Waals surface area contributed by atoms with Gasteiger partial charge in [-0.15, -0.1) is 0 Å². The Kier molecular flexibility index (Phi) is 5.55. The third-order valence-electron chi connectivity index (χ3n) is 4.28. The summed E-state index contributed by atoms with van der Waals surface area (Å²) in [5, 5.41) is 14.8. The molecule has 1 aliphatic rings. The van der Waals surface area contributed by atoms with Gasteiger partial charge in [-0.1, -0.05) is 0 Å². The van der Waals surface area contributed by atoms with E-state index in [0.29, 0.717) is 11.4 Å². The minimum Gasteiger partial charge on any atom is -0.467 e. The number of anilines is 2. The van der Waals surface area contributed by atoms with Crippen LogP contribution in [0.3, 0.4) is 0 Å².